The van der Waals surface area contributed by atoms with Gasteiger partial charge in [-0.15, -0.1) is 0 Å². The van der Waals surface area contributed by atoms with Crippen molar-refractivity contribution in [3.8, 4) is 0 Å². The van der Waals surface area contributed by atoms with Crippen molar-refractivity contribution in [3.63, 3.8) is 0 Å². The fourth-order valence-corrected chi connectivity index (χ4v) is 3.28. The molecule has 0 bridgehead atoms. The summed E-state index contributed by atoms with van der Waals surface area (Å²) in [5.41, 5.74) is -0.416. The fourth-order valence-electron chi connectivity index (χ4n) is 1.88. The summed E-state index contributed by atoms with van der Waals surface area (Å²) in [7, 11) is -4.12. The lowest BCUT2D eigenvalue weighted by Crippen LogP contribution is -2.14. The summed E-state index contributed by atoms with van der Waals surface area (Å²) >= 11 is 5.77. The highest BCUT2D eigenvalue weighted by Gasteiger charge is 2.21. The van der Waals surface area contributed by atoms with Gasteiger partial charge in [0.15, 0.2) is 0 Å². The summed E-state index contributed by atoms with van der Waals surface area (Å²) in [6, 6.07) is 6.75. The number of rotatable bonds is 5. The second-order valence-corrected chi connectivity index (χ2v) is 6.83. The molecule has 0 spiro atoms. The van der Waals surface area contributed by atoms with E-state index in [4.69, 9.17) is 11.6 Å². The van der Waals surface area contributed by atoms with Crippen LogP contribution in [-0.4, -0.2) is 18.3 Å². The molecule has 0 saturated heterocycles. The number of nitro groups is 2. The van der Waals surface area contributed by atoms with Gasteiger partial charge in [0.25, 0.3) is 21.4 Å². The zero-order chi connectivity index (χ0) is 18.1. The van der Waals surface area contributed by atoms with Crippen LogP contribution >= 0.6 is 11.6 Å². The van der Waals surface area contributed by atoms with Crippen molar-refractivity contribution >= 4 is 38.7 Å². The highest BCUT2D eigenvalue weighted by atomic mass is 35.5. The third-order valence-corrected chi connectivity index (χ3v) is 4.74. The normalized spacial score (nSPS) is 11.1. The molecule has 0 aromatic heterocycles. The van der Waals surface area contributed by atoms with E-state index >= 15 is 0 Å². The Morgan fingerprint density at radius 3 is 2.33 bits per heavy atom. The third-order valence-electron chi connectivity index (χ3n) is 3.07. The predicted molar refractivity (Wildman–Crippen MR) is 86.7 cm³/mol. The van der Waals surface area contributed by atoms with Gasteiger partial charge in [-0.1, -0.05) is 17.7 Å². The van der Waals surface area contributed by atoms with E-state index in [0.717, 1.165) is 24.3 Å². The molecular weight excluding hydrogens is 362 g/mol. The second kappa shape index (κ2) is 6.42. The fraction of sp³-hybridized carbons (Fsp3) is 0.0769. The van der Waals surface area contributed by atoms with E-state index in [9.17, 15) is 28.6 Å². The lowest BCUT2D eigenvalue weighted by atomic mass is 10.2. The van der Waals surface area contributed by atoms with E-state index in [2.05, 4.69) is 4.72 Å². The van der Waals surface area contributed by atoms with Gasteiger partial charge >= 0.3 is 0 Å². The standard InChI is InChI=1S/C13H10ClN3O6S/c1-8-5-13(17(20)21)11(14)7-12(8)15-24(22,23)10-4-2-3-9(6-10)16(18)19/h2-7,15H,1H3. The average molecular weight is 372 g/mol. The molecule has 9 nitrogen and oxygen atoms in total. The number of halogens is 1. The van der Waals surface area contributed by atoms with Gasteiger partial charge in [0.05, 0.1) is 20.4 Å². The first-order chi connectivity index (χ1) is 11.1. The second-order valence-electron chi connectivity index (χ2n) is 4.74. The van der Waals surface area contributed by atoms with Crippen molar-refractivity contribution < 1.29 is 18.3 Å². The number of sulfonamides is 1. The first-order valence-electron chi connectivity index (χ1n) is 6.33. The largest absolute Gasteiger partial charge is 0.288 e. The number of benzene rings is 2. The van der Waals surface area contributed by atoms with Crippen LogP contribution in [0.2, 0.25) is 5.02 Å². The Morgan fingerprint density at radius 2 is 1.75 bits per heavy atom. The molecule has 1 N–H and O–H groups in total. The lowest BCUT2D eigenvalue weighted by molar-refractivity contribution is -0.385. The van der Waals surface area contributed by atoms with Crippen LogP contribution in [-0.2, 0) is 10.0 Å². The van der Waals surface area contributed by atoms with Gasteiger partial charge in [-0.2, -0.15) is 0 Å². The Hall–Kier alpha value is -2.72. The van der Waals surface area contributed by atoms with E-state index in [1.165, 1.54) is 19.1 Å². The molecule has 0 fully saturated rings. The number of hydrogen-bond donors (Lipinski definition) is 1. The molecule has 2 aromatic rings. The Labute approximate surface area is 141 Å². The van der Waals surface area contributed by atoms with Crippen LogP contribution in [0.15, 0.2) is 41.3 Å². The van der Waals surface area contributed by atoms with E-state index in [0.29, 0.717) is 0 Å². The summed E-state index contributed by atoms with van der Waals surface area (Å²) in [5, 5.41) is 21.3. The van der Waals surface area contributed by atoms with Crippen LogP contribution in [0.5, 0.6) is 0 Å². The molecule has 24 heavy (non-hydrogen) atoms. The number of nitro benzene ring substituents is 2. The smallest absolute Gasteiger partial charge is 0.279 e. The van der Waals surface area contributed by atoms with Crippen LogP contribution in [0, 0.1) is 27.2 Å². The van der Waals surface area contributed by atoms with Crippen molar-refractivity contribution in [1.82, 2.24) is 0 Å². The zero-order valence-electron chi connectivity index (χ0n) is 12.1. The molecule has 0 atom stereocenters. The highest BCUT2D eigenvalue weighted by molar-refractivity contribution is 7.92. The minimum atomic E-state index is -4.12. The number of nitrogens with zero attached hydrogens (tertiary/aromatic N) is 2. The summed E-state index contributed by atoms with van der Waals surface area (Å²) in [5.74, 6) is 0. The maximum Gasteiger partial charge on any atom is 0.288 e. The third kappa shape index (κ3) is 3.60. The summed E-state index contributed by atoms with van der Waals surface area (Å²) in [6.07, 6.45) is 0. The first kappa shape index (κ1) is 17.6. The molecule has 2 rings (SSSR count). The van der Waals surface area contributed by atoms with E-state index in [1.54, 1.807) is 0 Å². The summed E-state index contributed by atoms with van der Waals surface area (Å²) in [4.78, 5) is 19.8. The van der Waals surface area contributed by atoms with Crippen LogP contribution in [0.3, 0.4) is 0 Å². The summed E-state index contributed by atoms with van der Waals surface area (Å²) in [6.45, 7) is 1.47. The van der Waals surface area contributed by atoms with Crippen molar-refractivity contribution in [1.29, 1.82) is 0 Å². The van der Waals surface area contributed by atoms with E-state index in [1.807, 2.05) is 0 Å². The maximum absolute atomic E-state index is 12.3. The van der Waals surface area contributed by atoms with Crippen molar-refractivity contribution in [2.24, 2.45) is 0 Å². The molecule has 0 radical (unpaired) electrons. The Kier molecular flexibility index (Phi) is 4.71. The van der Waals surface area contributed by atoms with Crippen LogP contribution in [0.1, 0.15) is 5.56 Å². The average Bonchev–Trinajstić information content (AvgIpc) is 2.50. The number of nitrogens with one attached hydrogen (secondary N) is 1. The number of anilines is 1. The molecule has 11 heteroatoms. The molecule has 0 heterocycles. The maximum atomic E-state index is 12.3. The Balaban J connectivity index is 2.43. The minimum Gasteiger partial charge on any atom is -0.279 e. The number of non-ortho nitro benzene ring substituents is 1. The van der Waals surface area contributed by atoms with Crippen molar-refractivity contribution in [2.75, 3.05) is 4.72 Å². The topological polar surface area (TPSA) is 132 Å². The Bertz CT molecular complexity index is 945. The Morgan fingerprint density at radius 1 is 1.08 bits per heavy atom. The van der Waals surface area contributed by atoms with Crippen LogP contribution < -0.4 is 4.72 Å². The molecule has 0 saturated carbocycles. The molecule has 0 unspecified atom stereocenters. The molecule has 0 amide bonds. The van der Waals surface area contributed by atoms with Crippen LogP contribution in [0.25, 0.3) is 0 Å². The molecule has 0 aliphatic carbocycles. The van der Waals surface area contributed by atoms with Crippen LogP contribution in [0.4, 0.5) is 17.1 Å². The van der Waals surface area contributed by atoms with Gasteiger partial charge < -0.3 is 0 Å². The molecule has 126 valence electrons. The number of hydrogen-bond acceptors (Lipinski definition) is 6. The zero-order valence-corrected chi connectivity index (χ0v) is 13.7. The summed E-state index contributed by atoms with van der Waals surface area (Å²) < 4.78 is 26.9. The SMILES string of the molecule is Cc1cc([N+](=O)[O-])c(Cl)cc1NS(=O)(=O)c1cccc([N+](=O)[O-])c1. The predicted octanol–water partition coefficient (Wildman–Crippen LogP) is 3.27. The quantitative estimate of drug-likeness (QED) is 0.633. The van der Waals surface area contributed by atoms with Gasteiger partial charge in [-0.05, 0) is 24.6 Å². The molecular formula is C13H10ClN3O6S. The molecule has 2 aromatic carbocycles. The van der Waals surface area contributed by atoms with Gasteiger partial charge in [-0.3, -0.25) is 25.0 Å². The monoisotopic (exact) mass is 371 g/mol. The molecule has 0 aliphatic heterocycles. The minimum absolute atomic E-state index is 0.0390. The van der Waals surface area contributed by atoms with Gasteiger partial charge in [0, 0.05) is 18.2 Å². The molecule has 0 aliphatic rings. The van der Waals surface area contributed by atoms with Crippen molar-refractivity contribution in [3.05, 3.63) is 67.2 Å². The van der Waals surface area contributed by atoms with Crippen molar-refractivity contribution in [2.45, 2.75) is 11.8 Å². The highest BCUT2D eigenvalue weighted by Crippen LogP contribution is 2.32. The van der Waals surface area contributed by atoms with E-state index in [-0.39, 0.29) is 32.5 Å². The first-order valence-corrected chi connectivity index (χ1v) is 8.20. The van der Waals surface area contributed by atoms with Gasteiger partial charge in [0.2, 0.25) is 0 Å². The number of aryl methyl sites for hydroxylation is 1. The van der Waals surface area contributed by atoms with Gasteiger partial charge in [-0.25, -0.2) is 8.42 Å². The lowest BCUT2D eigenvalue weighted by Gasteiger charge is -2.11. The van der Waals surface area contributed by atoms with Gasteiger partial charge in [0.1, 0.15) is 5.02 Å². The van der Waals surface area contributed by atoms with E-state index < -0.39 is 19.9 Å².